The SMILES string of the molecule is NCCCNC1CCCC(O)C1. The third-order valence-corrected chi connectivity index (χ3v) is 2.46. The Kier molecular flexibility index (Phi) is 4.58. The van der Waals surface area contributed by atoms with Gasteiger partial charge in [-0.05, 0) is 45.2 Å². The van der Waals surface area contributed by atoms with Crippen molar-refractivity contribution in [3.63, 3.8) is 0 Å². The van der Waals surface area contributed by atoms with Gasteiger partial charge in [-0.1, -0.05) is 0 Å². The van der Waals surface area contributed by atoms with E-state index in [0.29, 0.717) is 6.04 Å². The minimum Gasteiger partial charge on any atom is -0.393 e. The molecule has 4 N–H and O–H groups in total. The number of nitrogens with two attached hydrogens (primary N) is 1. The second-order valence-electron chi connectivity index (χ2n) is 3.61. The van der Waals surface area contributed by atoms with Crippen LogP contribution in [0.15, 0.2) is 0 Å². The van der Waals surface area contributed by atoms with Crippen LogP contribution in [0.3, 0.4) is 0 Å². The van der Waals surface area contributed by atoms with Crippen molar-refractivity contribution in [1.82, 2.24) is 5.32 Å². The summed E-state index contributed by atoms with van der Waals surface area (Å²) in [6.07, 6.45) is 5.23. The van der Waals surface area contributed by atoms with E-state index in [1.165, 1.54) is 6.42 Å². The standard InChI is InChI=1S/C9H20N2O/c10-5-2-6-11-8-3-1-4-9(12)7-8/h8-9,11-12H,1-7,10H2. The van der Waals surface area contributed by atoms with Crippen LogP contribution in [0.25, 0.3) is 0 Å². The highest BCUT2D eigenvalue weighted by Gasteiger charge is 2.18. The van der Waals surface area contributed by atoms with E-state index >= 15 is 0 Å². The van der Waals surface area contributed by atoms with Crippen LogP contribution >= 0.6 is 0 Å². The Labute approximate surface area is 74.3 Å². The first kappa shape index (κ1) is 9.96. The molecule has 0 aliphatic heterocycles. The first-order valence-electron chi connectivity index (χ1n) is 4.94. The lowest BCUT2D eigenvalue weighted by Gasteiger charge is -2.26. The molecule has 3 heteroatoms. The lowest BCUT2D eigenvalue weighted by Crippen LogP contribution is -2.36. The van der Waals surface area contributed by atoms with Crippen molar-refractivity contribution >= 4 is 0 Å². The largest absolute Gasteiger partial charge is 0.393 e. The monoisotopic (exact) mass is 172 g/mol. The maximum absolute atomic E-state index is 9.37. The molecule has 0 saturated heterocycles. The summed E-state index contributed by atoms with van der Waals surface area (Å²) in [5.74, 6) is 0. The molecule has 2 unspecified atom stereocenters. The molecule has 0 aromatic rings. The molecule has 1 rings (SSSR count). The van der Waals surface area contributed by atoms with Gasteiger partial charge in [0.25, 0.3) is 0 Å². The fraction of sp³-hybridized carbons (Fsp3) is 1.00. The summed E-state index contributed by atoms with van der Waals surface area (Å²) < 4.78 is 0. The van der Waals surface area contributed by atoms with Gasteiger partial charge in [-0.3, -0.25) is 0 Å². The fourth-order valence-electron chi connectivity index (χ4n) is 1.76. The molecule has 0 aromatic heterocycles. The summed E-state index contributed by atoms with van der Waals surface area (Å²) in [5, 5.41) is 12.8. The average Bonchev–Trinajstić information content (AvgIpc) is 2.05. The molecule has 3 nitrogen and oxygen atoms in total. The molecular weight excluding hydrogens is 152 g/mol. The van der Waals surface area contributed by atoms with Crippen LogP contribution in [0.1, 0.15) is 32.1 Å². The smallest absolute Gasteiger partial charge is 0.0555 e. The van der Waals surface area contributed by atoms with E-state index in [4.69, 9.17) is 5.73 Å². The van der Waals surface area contributed by atoms with Gasteiger partial charge in [0, 0.05) is 6.04 Å². The zero-order valence-corrected chi connectivity index (χ0v) is 7.63. The van der Waals surface area contributed by atoms with Gasteiger partial charge in [-0.15, -0.1) is 0 Å². The van der Waals surface area contributed by atoms with Gasteiger partial charge < -0.3 is 16.2 Å². The summed E-state index contributed by atoms with van der Waals surface area (Å²) in [5.41, 5.74) is 5.38. The number of hydrogen-bond acceptors (Lipinski definition) is 3. The van der Waals surface area contributed by atoms with Gasteiger partial charge in [0.2, 0.25) is 0 Å². The highest BCUT2D eigenvalue weighted by atomic mass is 16.3. The Bertz CT molecular complexity index is 119. The van der Waals surface area contributed by atoms with E-state index in [-0.39, 0.29) is 6.10 Å². The highest BCUT2D eigenvalue weighted by Crippen LogP contribution is 2.17. The highest BCUT2D eigenvalue weighted by molar-refractivity contribution is 4.76. The molecule has 1 fully saturated rings. The van der Waals surface area contributed by atoms with Crippen LogP contribution in [-0.2, 0) is 0 Å². The van der Waals surface area contributed by atoms with E-state index < -0.39 is 0 Å². The van der Waals surface area contributed by atoms with Crippen LogP contribution < -0.4 is 11.1 Å². The lowest BCUT2D eigenvalue weighted by atomic mass is 9.93. The van der Waals surface area contributed by atoms with Crippen molar-refractivity contribution in [2.75, 3.05) is 13.1 Å². The minimum atomic E-state index is -0.0749. The van der Waals surface area contributed by atoms with Crippen LogP contribution in [-0.4, -0.2) is 30.3 Å². The van der Waals surface area contributed by atoms with E-state index in [1.807, 2.05) is 0 Å². The molecule has 72 valence electrons. The maximum atomic E-state index is 9.37. The predicted octanol–water partition coefficient (Wildman–Crippen LogP) is 0.228. The number of aliphatic hydroxyl groups excluding tert-OH is 1. The summed E-state index contributed by atoms with van der Waals surface area (Å²) >= 11 is 0. The van der Waals surface area contributed by atoms with Gasteiger partial charge >= 0.3 is 0 Å². The molecule has 0 bridgehead atoms. The molecule has 0 radical (unpaired) electrons. The molecule has 2 atom stereocenters. The van der Waals surface area contributed by atoms with Gasteiger partial charge in [0.1, 0.15) is 0 Å². The van der Waals surface area contributed by atoms with Crippen molar-refractivity contribution < 1.29 is 5.11 Å². The summed E-state index contributed by atoms with van der Waals surface area (Å²) in [7, 11) is 0. The van der Waals surface area contributed by atoms with Gasteiger partial charge in [0.05, 0.1) is 6.10 Å². The minimum absolute atomic E-state index is 0.0749. The summed E-state index contributed by atoms with van der Waals surface area (Å²) in [4.78, 5) is 0. The molecule has 0 aromatic carbocycles. The number of aliphatic hydroxyl groups is 1. The van der Waals surface area contributed by atoms with Gasteiger partial charge in [0.15, 0.2) is 0 Å². The zero-order chi connectivity index (χ0) is 8.81. The third-order valence-electron chi connectivity index (χ3n) is 2.46. The van der Waals surface area contributed by atoms with E-state index in [2.05, 4.69) is 5.32 Å². The molecule has 1 aliphatic carbocycles. The van der Waals surface area contributed by atoms with E-state index in [9.17, 15) is 5.11 Å². The van der Waals surface area contributed by atoms with Crippen LogP contribution in [0.2, 0.25) is 0 Å². The Morgan fingerprint density at radius 3 is 2.92 bits per heavy atom. The fourth-order valence-corrected chi connectivity index (χ4v) is 1.76. The van der Waals surface area contributed by atoms with Crippen molar-refractivity contribution in [2.45, 2.75) is 44.2 Å². The molecule has 0 spiro atoms. The summed E-state index contributed by atoms with van der Waals surface area (Å²) in [6, 6.07) is 0.528. The second-order valence-corrected chi connectivity index (χ2v) is 3.61. The molecule has 12 heavy (non-hydrogen) atoms. The van der Waals surface area contributed by atoms with Crippen molar-refractivity contribution in [3.05, 3.63) is 0 Å². The molecule has 1 aliphatic rings. The third kappa shape index (κ3) is 3.52. The first-order valence-corrected chi connectivity index (χ1v) is 4.94. The Morgan fingerprint density at radius 2 is 2.25 bits per heavy atom. The normalized spacial score (nSPS) is 30.5. The number of hydrogen-bond donors (Lipinski definition) is 3. The van der Waals surface area contributed by atoms with E-state index in [0.717, 1.165) is 38.8 Å². The van der Waals surface area contributed by atoms with Crippen LogP contribution in [0.4, 0.5) is 0 Å². The first-order chi connectivity index (χ1) is 5.83. The molecule has 0 heterocycles. The van der Waals surface area contributed by atoms with Crippen LogP contribution in [0.5, 0.6) is 0 Å². The van der Waals surface area contributed by atoms with Gasteiger partial charge in [-0.2, -0.15) is 0 Å². The quantitative estimate of drug-likeness (QED) is 0.532. The molecule has 1 saturated carbocycles. The maximum Gasteiger partial charge on any atom is 0.0555 e. The van der Waals surface area contributed by atoms with E-state index in [1.54, 1.807) is 0 Å². The van der Waals surface area contributed by atoms with Crippen molar-refractivity contribution in [2.24, 2.45) is 5.73 Å². The zero-order valence-electron chi connectivity index (χ0n) is 7.63. The van der Waals surface area contributed by atoms with Crippen molar-refractivity contribution in [3.8, 4) is 0 Å². The Hall–Kier alpha value is -0.120. The average molecular weight is 172 g/mol. The second kappa shape index (κ2) is 5.51. The number of rotatable bonds is 4. The summed E-state index contributed by atoms with van der Waals surface area (Å²) in [6.45, 7) is 1.75. The van der Waals surface area contributed by atoms with Gasteiger partial charge in [-0.25, -0.2) is 0 Å². The Morgan fingerprint density at radius 1 is 1.42 bits per heavy atom. The molecule has 0 amide bonds. The van der Waals surface area contributed by atoms with Crippen LogP contribution in [0, 0.1) is 0 Å². The molecular formula is C9H20N2O. The topological polar surface area (TPSA) is 58.3 Å². The lowest BCUT2D eigenvalue weighted by molar-refractivity contribution is 0.112. The number of nitrogens with one attached hydrogen (secondary N) is 1. The predicted molar refractivity (Wildman–Crippen MR) is 49.9 cm³/mol. The Balaban J connectivity index is 2.06. The van der Waals surface area contributed by atoms with Crippen molar-refractivity contribution in [1.29, 1.82) is 0 Å².